The van der Waals surface area contributed by atoms with Crippen molar-refractivity contribution in [1.82, 2.24) is 19.5 Å². The third-order valence-corrected chi connectivity index (χ3v) is 6.44. The van der Waals surface area contributed by atoms with Gasteiger partial charge in [-0.3, -0.25) is 0 Å². The number of furan rings is 1. The first-order chi connectivity index (χ1) is 16.7. The van der Waals surface area contributed by atoms with Crippen LogP contribution >= 0.6 is 11.8 Å². The van der Waals surface area contributed by atoms with Gasteiger partial charge in [0.05, 0.1) is 13.4 Å². The first-order valence-corrected chi connectivity index (χ1v) is 12.1. The van der Waals surface area contributed by atoms with Gasteiger partial charge in [0, 0.05) is 12.3 Å². The highest BCUT2D eigenvalue weighted by atomic mass is 32.2. The fourth-order valence-electron chi connectivity index (χ4n) is 3.81. The molecule has 3 heterocycles. The molecule has 0 saturated heterocycles. The number of anilines is 1. The largest absolute Gasteiger partial charge is 0.497 e. The normalized spacial score (nSPS) is 11.2. The molecule has 0 aliphatic heterocycles. The van der Waals surface area contributed by atoms with Crippen LogP contribution in [0.4, 0.5) is 5.82 Å². The molecule has 2 aromatic carbocycles. The fourth-order valence-corrected chi connectivity index (χ4v) is 4.64. The molecule has 0 radical (unpaired) electrons. The lowest BCUT2D eigenvalue weighted by Crippen LogP contribution is -2.06. The van der Waals surface area contributed by atoms with Crippen LogP contribution < -0.4 is 10.5 Å². The summed E-state index contributed by atoms with van der Waals surface area (Å²) in [6, 6.07) is 22.2. The lowest BCUT2D eigenvalue weighted by molar-refractivity contribution is 0.414. The maximum atomic E-state index is 6.33. The summed E-state index contributed by atoms with van der Waals surface area (Å²) >= 11 is 1.60. The molecule has 7 nitrogen and oxygen atoms in total. The molecular weight excluding hydrogens is 446 g/mol. The number of imidazole rings is 1. The van der Waals surface area contributed by atoms with E-state index in [1.807, 2.05) is 30.3 Å². The zero-order valence-electron chi connectivity index (χ0n) is 18.8. The minimum atomic E-state index is 0.378. The highest BCUT2D eigenvalue weighted by Crippen LogP contribution is 2.29. The van der Waals surface area contributed by atoms with E-state index in [1.165, 1.54) is 11.1 Å². The number of ether oxygens (including phenoxy) is 1. The van der Waals surface area contributed by atoms with Gasteiger partial charge in [0.25, 0.3) is 0 Å². The summed E-state index contributed by atoms with van der Waals surface area (Å²) in [5.74, 6) is 3.44. The lowest BCUT2D eigenvalue weighted by Gasteiger charge is -2.09. The van der Waals surface area contributed by atoms with Crippen LogP contribution in [0.15, 0.2) is 82.6 Å². The molecule has 0 bridgehead atoms. The van der Waals surface area contributed by atoms with Crippen molar-refractivity contribution in [2.24, 2.45) is 0 Å². The van der Waals surface area contributed by atoms with Crippen LogP contribution in [0.1, 0.15) is 11.1 Å². The van der Waals surface area contributed by atoms with Crippen molar-refractivity contribution in [3.63, 3.8) is 0 Å². The zero-order chi connectivity index (χ0) is 23.3. The van der Waals surface area contributed by atoms with Crippen LogP contribution in [0, 0.1) is 0 Å². The van der Waals surface area contributed by atoms with Crippen molar-refractivity contribution >= 4 is 28.7 Å². The van der Waals surface area contributed by atoms with Crippen molar-refractivity contribution in [1.29, 1.82) is 0 Å². The molecule has 0 spiro atoms. The van der Waals surface area contributed by atoms with E-state index >= 15 is 0 Å². The molecule has 172 valence electrons. The molecular formula is C26H25N5O2S. The van der Waals surface area contributed by atoms with Gasteiger partial charge in [0.15, 0.2) is 33.7 Å². The molecule has 0 aliphatic rings. The quantitative estimate of drug-likeness (QED) is 0.232. The molecule has 3 aromatic heterocycles. The minimum Gasteiger partial charge on any atom is -0.497 e. The number of rotatable bonds is 9. The molecule has 34 heavy (non-hydrogen) atoms. The highest BCUT2D eigenvalue weighted by molar-refractivity contribution is 7.99. The van der Waals surface area contributed by atoms with Crippen molar-refractivity contribution < 1.29 is 9.15 Å². The van der Waals surface area contributed by atoms with E-state index < -0.39 is 0 Å². The number of hydrogen-bond donors (Lipinski definition) is 1. The average molecular weight is 472 g/mol. The zero-order valence-corrected chi connectivity index (χ0v) is 19.7. The maximum absolute atomic E-state index is 6.33. The molecule has 0 atom stereocenters. The molecule has 5 rings (SSSR count). The van der Waals surface area contributed by atoms with E-state index in [2.05, 4.69) is 45.9 Å². The third-order valence-electron chi connectivity index (χ3n) is 5.59. The van der Waals surface area contributed by atoms with E-state index in [1.54, 1.807) is 25.1 Å². The number of aryl methyl sites for hydroxylation is 3. The van der Waals surface area contributed by atoms with E-state index in [4.69, 9.17) is 24.9 Å². The topological polar surface area (TPSA) is 92.0 Å². The smallest absolute Gasteiger partial charge is 0.191 e. The van der Waals surface area contributed by atoms with Crippen molar-refractivity contribution in [2.45, 2.75) is 24.5 Å². The van der Waals surface area contributed by atoms with Gasteiger partial charge < -0.3 is 19.5 Å². The van der Waals surface area contributed by atoms with E-state index in [9.17, 15) is 0 Å². The summed E-state index contributed by atoms with van der Waals surface area (Å²) in [5, 5.41) is 0.650. The molecule has 8 heteroatoms. The molecule has 2 N–H and O–H groups in total. The SMILES string of the molecule is COc1ccc(CCn2c(-c3ccco3)nc3c(N)nc(SCCc4ccccc4)nc32)cc1. The summed E-state index contributed by atoms with van der Waals surface area (Å²) in [6.07, 6.45) is 3.37. The summed E-state index contributed by atoms with van der Waals surface area (Å²) in [6.45, 7) is 0.670. The molecule has 0 saturated carbocycles. The van der Waals surface area contributed by atoms with Gasteiger partial charge in [-0.1, -0.05) is 54.2 Å². The summed E-state index contributed by atoms with van der Waals surface area (Å²) in [5.41, 5.74) is 10.1. The fraction of sp³-hybridized carbons (Fsp3) is 0.192. The standard InChI is InChI=1S/C26H25N5O2S/c1-32-20-11-9-19(10-12-20)13-15-31-24(21-8-5-16-33-21)28-22-23(27)29-26(30-25(22)31)34-17-14-18-6-3-2-4-7-18/h2-12,16H,13-15,17H2,1H3,(H2,27,29,30). The lowest BCUT2D eigenvalue weighted by atomic mass is 10.1. The van der Waals surface area contributed by atoms with Crippen LogP contribution in [-0.4, -0.2) is 32.4 Å². The summed E-state index contributed by atoms with van der Waals surface area (Å²) in [4.78, 5) is 14.1. The number of aromatic nitrogens is 4. The summed E-state index contributed by atoms with van der Waals surface area (Å²) < 4.78 is 13.0. The number of nitrogens with zero attached hydrogens (tertiary/aromatic N) is 4. The van der Waals surface area contributed by atoms with Gasteiger partial charge in [-0.2, -0.15) is 0 Å². The predicted molar refractivity (Wildman–Crippen MR) is 135 cm³/mol. The monoisotopic (exact) mass is 471 g/mol. The van der Waals surface area contributed by atoms with Crippen molar-refractivity contribution in [3.8, 4) is 17.3 Å². The van der Waals surface area contributed by atoms with Crippen LogP contribution in [0.3, 0.4) is 0 Å². The van der Waals surface area contributed by atoms with Crippen LogP contribution in [0.25, 0.3) is 22.7 Å². The Morgan fingerprint density at radius 3 is 2.44 bits per heavy atom. The molecule has 0 unspecified atom stereocenters. The van der Waals surface area contributed by atoms with E-state index in [-0.39, 0.29) is 0 Å². The van der Waals surface area contributed by atoms with Gasteiger partial charge in [0.2, 0.25) is 0 Å². The number of benzene rings is 2. The molecule has 0 amide bonds. The highest BCUT2D eigenvalue weighted by Gasteiger charge is 2.19. The van der Waals surface area contributed by atoms with Crippen molar-refractivity contribution in [2.75, 3.05) is 18.6 Å². The van der Waals surface area contributed by atoms with E-state index in [0.29, 0.717) is 34.6 Å². The van der Waals surface area contributed by atoms with Gasteiger partial charge >= 0.3 is 0 Å². The van der Waals surface area contributed by atoms with Crippen molar-refractivity contribution in [3.05, 3.63) is 84.1 Å². The Bertz CT molecular complexity index is 1370. The van der Waals surface area contributed by atoms with Gasteiger partial charge in [-0.05, 0) is 48.2 Å². The third kappa shape index (κ3) is 4.77. The Morgan fingerprint density at radius 2 is 1.71 bits per heavy atom. The molecule has 0 fully saturated rings. The maximum Gasteiger partial charge on any atom is 0.191 e. The van der Waals surface area contributed by atoms with E-state index in [0.717, 1.165) is 30.0 Å². The van der Waals surface area contributed by atoms with Crippen LogP contribution in [0.5, 0.6) is 5.75 Å². The second-order valence-corrected chi connectivity index (χ2v) is 8.87. The first kappa shape index (κ1) is 22.0. The Labute approximate surface area is 202 Å². The van der Waals surface area contributed by atoms with Crippen LogP contribution in [0.2, 0.25) is 0 Å². The molecule has 0 aliphatic carbocycles. The second-order valence-electron chi connectivity index (χ2n) is 7.81. The number of nitrogens with two attached hydrogens (primary N) is 1. The number of fused-ring (bicyclic) bond motifs is 1. The minimum absolute atomic E-state index is 0.378. The Balaban J connectivity index is 1.44. The molecule has 5 aromatic rings. The Hall–Kier alpha value is -3.78. The first-order valence-electron chi connectivity index (χ1n) is 11.1. The van der Waals surface area contributed by atoms with Gasteiger partial charge in [-0.15, -0.1) is 0 Å². The predicted octanol–water partition coefficient (Wildman–Crippen LogP) is 5.25. The number of methoxy groups -OCH3 is 1. The van der Waals surface area contributed by atoms with Crippen LogP contribution in [-0.2, 0) is 19.4 Å². The number of hydrogen-bond acceptors (Lipinski definition) is 7. The number of nitrogen functional groups attached to an aromatic ring is 1. The average Bonchev–Trinajstić information content (AvgIpc) is 3.52. The Morgan fingerprint density at radius 1 is 0.912 bits per heavy atom. The number of thioether (sulfide) groups is 1. The second kappa shape index (κ2) is 10.0. The van der Waals surface area contributed by atoms with Gasteiger partial charge in [0.1, 0.15) is 5.75 Å². The summed E-state index contributed by atoms with van der Waals surface area (Å²) in [7, 11) is 1.67. The van der Waals surface area contributed by atoms with Gasteiger partial charge in [-0.25, -0.2) is 15.0 Å². The Kier molecular flexibility index (Phi) is 6.49.